The fourth-order valence-electron chi connectivity index (χ4n) is 2.68. The van der Waals surface area contributed by atoms with E-state index in [4.69, 9.17) is 5.73 Å². The van der Waals surface area contributed by atoms with Crippen molar-refractivity contribution >= 4 is 51.4 Å². The maximum absolute atomic E-state index is 12.5. The van der Waals surface area contributed by atoms with Crippen molar-refractivity contribution in [3.63, 3.8) is 0 Å². The van der Waals surface area contributed by atoms with Crippen LogP contribution in [0.15, 0.2) is 10.3 Å². The van der Waals surface area contributed by atoms with Crippen molar-refractivity contribution in [3.8, 4) is 0 Å². The Bertz CT molecular complexity index is 782. The molecule has 1 aliphatic carbocycles. The molecule has 5 nitrogen and oxygen atoms in total. The predicted molar refractivity (Wildman–Crippen MR) is 100 cm³/mol. The van der Waals surface area contributed by atoms with E-state index >= 15 is 0 Å². The molecule has 2 aromatic rings. The fraction of sp³-hybridized carbons (Fsp3) is 0.438. The average molecular weight is 382 g/mol. The lowest BCUT2D eigenvalue weighted by Gasteiger charge is -2.16. The zero-order valence-electron chi connectivity index (χ0n) is 13.5. The Labute approximate surface area is 153 Å². The van der Waals surface area contributed by atoms with Crippen molar-refractivity contribution in [3.05, 3.63) is 27.1 Å². The third kappa shape index (κ3) is 3.99. The molecule has 0 saturated carbocycles. The van der Waals surface area contributed by atoms with Crippen LogP contribution in [-0.4, -0.2) is 22.6 Å². The maximum Gasteiger partial charge on any atom is 0.267 e. The van der Waals surface area contributed by atoms with Crippen LogP contribution in [0.2, 0.25) is 0 Å². The van der Waals surface area contributed by atoms with Crippen LogP contribution in [0.4, 0.5) is 5.13 Å². The number of nitrogens with two attached hydrogens (primary N) is 1. The van der Waals surface area contributed by atoms with E-state index in [2.05, 4.69) is 17.2 Å². The molecule has 24 heavy (non-hydrogen) atoms. The first-order chi connectivity index (χ1) is 11.4. The summed E-state index contributed by atoms with van der Waals surface area (Å²) in [6.07, 6.45) is 3.32. The summed E-state index contributed by atoms with van der Waals surface area (Å²) in [5.74, 6) is 0.431. The Morgan fingerprint density at radius 1 is 1.46 bits per heavy atom. The van der Waals surface area contributed by atoms with Crippen LogP contribution in [-0.2, 0) is 17.6 Å². The summed E-state index contributed by atoms with van der Waals surface area (Å²) < 4.78 is 0.906. The molecular formula is C16H19N3O2S3. The summed E-state index contributed by atoms with van der Waals surface area (Å²) in [5.41, 5.74) is 7.29. The molecule has 2 amide bonds. The Balaban J connectivity index is 1.69. The van der Waals surface area contributed by atoms with Gasteiger partial charge in [-0.3, -0.25) is 14.9 Å². The Morgan fingerprint density at radius 3 is 3.00 bits per heavy atom. The smallest absolute Gasteiger partial charge is 0.267 e. The second kappa shape index (κ2) is 7.25. The zero-order valence-corrected chi connectivity index (χ0v) is 16.0. The Morgan fingerprint density at radius 2 is 2.25 bits per heavy atom. The van der Waals surface area contributed by atoms with E-state index in [1.807, 2.05) is 13.0 Å². The van der Waals surface area contributed by atoms with Gasteiger partial charge in [-0.05, 0) is 43.7 Å². The molecule has 2 aromatic heterocycles. The first-order valence-corrected chi connectivity index (χ1v) is 10.4. The number of anilines is 1. The van der Waals surface area contributed by atoms with Gasteiger partial charge in [0.25, 0.3) is 5.91 Å². The van der Waals surface area contributed by atoms with E-state index in [1.54, 1.807) is 11.3 Å². The highest BCUT2D eigenvalue weighted by Gasteiger charge is 2.21. The van der Waals surface area contributed by atoms with Crippen LogP contribution in [0, 0.1) is 12.8 Å². The molecule has 0 bridgehead atoms. The van der Waals surface area contributed by atoms with Gasteiger partial charge in [-0.15, -0.1) is 23.1 Å². The molecule has 3 N–H and O–H groups in total. The molecule has 1 atom stereocenters. The monoisotopic (exact) mass is 381 g/mol. The highest BCUT2D eigenvalue weighted by atomic mass is 32.2. The van der Waals surface area contributed by atoms with Crippen molar-refractivity contribution in [2.75, 3.05) is 11.1 Å². The van der Waals surface area contributed by atoms with Gasteiger partial charge in [0.1, 0.15) is 0 Å². The number of carbonyl (C=O) groups excluding carboxylic acids is 2. The molecule has 3 rings (SSSR count). The van der Waals surface area contributed by atoms with Gasteiger partial charge >= 0.3 is 0 Å². The number of primary amides is 1. The number of nitrogens with one attached hydrogen (secondary N) is 1. The summed E-state index contributed by atoms with van der Waals surface area (Å²) in [5, 5.41) is 3.44. The molecular weight excluding hydrogens is 362 g/mol. The summed E-state index contributed by atoms with van der Waals surface area (Å²) in [6.45, 7) is 4.12. The van der Waals surface area contributed by atoms with Crippen molar-refractivity contribution in [1.29, 1.82) is 0 Å². The number of thiophene rings is 1. The minimum Gasteiger partial charge on any atom is -0.369 e. The maximum atomic E-state index is 12.5. The van der Waals surface area contributed by atoms with E-state index in [9.17, 15) is 9.59 Å². The fourth-order valence-corrected chi connectivity index (χ4v) is 5.66. The van der Waals surface area contributed by atoms with E-state index in [-0.39, 0.29) is 17.6 Å². The second-order valence-electron chi connectivity index (χ2n) is 6.01. The van der Waals surface area contributed by atoms with Crippen LogP contribution in [0.25, 0.3) is 0 Å². The SMILES string of the molecule is Cc1nc(NC(=O)c2cc3c(s2)CCC(C)C3)sc1SCC(N)=O. The average Bonchev–Trinajstić information content (AvgIpc) is 3.08. The molecule has 0 fully saturated rings. The summed E-state index contributed by atoms with van der Waals surface area (Å²) in [7, 11) is 0. The molecule has 1 aliphatic rings. The number of thioether (sulfide) groups is 1. The van der Waals surface area contributed by atoms with Gasteiger partial charge in [0.15, 0.2) is 5.13 Å². The van der Waals surface area contributed by atoms with Crippen LogP contribution < -0.4 is 11.1 Å². The number of amides is 2. The Kier molecular flexibility index (Phi) is 5.27. The third-order valence-corrected chi connectivity index (χ3v) is 7.57. The number of fused-ring (bicyclic) bond motifs is 1. The van der Waals surface area contributed by atoms with Gasteiger partial charge in [0.05, 0.1) is 20.5 Å². The van der Waals surface area contributed by atoms with Crippen molar-refractivity contribution < 1.29 is 9.59 Å². The van der Waals surface area contributed by atoms with Crippen molar-refractivity contribution in [2.45, 2.75) is 37.3 Å². The van der Waals surface area contributed by atoms with E-state index < -0.39 is 0 Å². The normalized spacial score (nSPS) is 16.7. The van der Waals surface area contributed by atoms with E-state index in [0.717, 1.165) is 27.6 Å². The van der Waals surface area contributed by atoms with Gasteiger partial charge in [-0.2, -0.15) is 0 Å². The number of nitrogens with zero attached hydrogens (tertiary/aromatic N) is 1. The number of hydrogen-bond acceptors (Lipinski definition) is 6. The first kappa shape index (κ1) is 17.4. The highest BCUT2D eigenvalue weighted by Crippen LogP contribution is 2.34. The third-order valence-electron chi connectivity index (χ3n) is 3.87. The zero-order chi connectivity index (χ0) is 17.3. The number of carbonyl (C=O) groups is 2. The molecule has 128 valence electrons. The van der Waals surface area contributed by atoms with Crippen LogP contribution in [0.5, 0.6) is 0 Å². The molecule has 0 aromatic carbocycles. The van der Waals surface area contributed by atoms with Crippen LogP contribution in [0.3, 0.4) is 0 Å². The lowest BCUT2D eigenvalue weighted by molar-refractivity contribution is -0.115. The summed E-state index contributed by atoms with van der Waals surface area (Å²) in [4.78, 5) is 29.8. The molecule has 0 saturated heterocycles. The van der Waals surface area contributed by atoms with Crippen LogP contribution >= 0.6 is 34.4 Å². The lowest BCUT2D eigenvalue weighted by Crippen LogP contribution is -2.12. The molecule has 1 unspecified atom stereocenters. The number of aromatic nitrogens is 1. The number of thiazole rings is 1. The summed E-state index contributed by atoms with van der Waals surface area (Å²) >= 11 is 4.32. The number of hydrogen-bond donors (Lipinski definition) is 2. The van der Waals surface area contributed by atoms with Crippen molar-refractivity contribution in [2.24, 2.45) is 11.7 Å². The number of aryl methyl sites for hydroxylation is 2. The van der Waals surface area contributed by atoms with Gasteiger partial charge in [0, 0.05) is 4.88 Å². The molecule has 8 heteroatoms. The quantitative estimate of drug-likeness (QED) is 0.777. The largest absolute Gasteiger partial charge is 0.369 e. The summed E-state index contributed by atoms with van der Waals surface area (Å²) in [6, 6.07) is 2.02. The molecule has 2 heterocycles. The van der Waals surface area contributed by atoms with Crippen molar-refractivity contribution in [1.82, 2.24) is 4.98 Å². The topological polar surface area (TPSA) is 85.1 Å². The Hall–Kier alpha value is -1.38. The minimum absolute atomic E-state index is 0.109. The second-order valence-corrected chi connectivity index (χ2v) is 9.39. The molecule has 0 spiro atoms. The van der Waals surface area contributed by atoms with Gasteiger partial charge < -0.3 is 5.73 Å². The van der Waals surface area contributed by atoms with Gasteiger partial charge in [-0.1, -0.05) is 18.3 Å². The first-order valence-electron chi connectivity index (χ1n) is 7.74. The highest BCUT2D eigenvalue weighted by molar-refractivity contribution is 8.01. The standard InChI is InChI=1S/C16H19N3O2S3/c1-8-3-4-11-10(5-8)6-12(23-11)14(21)19-16-18-9(2)15(24-16)22-7-13(17)20/h6,8H,3-5,7H2,1-2H3,(H2,17,20)(H,18,19,21). The molecule has 0 aliphatic heterocycles. The lowest BCUT2D eigenvalue weighted by atomic mass is 9.90. The van der Waals surface area contributed by atoms with Gasteiger partial charge in [-0.25, -0.2) is 4.98 Å². The van der Waals surface area contributed by atoms with Crippen LogP contribution in [0.1, 0.15) is 39.2 Å². The van der Waals surface area contributed by atoms with Gasteiger partial charge in [0.2, 0.25) is 5.91 Å². The number of rotatable bonds is 5. The molecule has 0 radical (unpaired) electrons. The predicted octanol–water partition coefficient (Wildman–Crippen LogP) is 3.47. The van der Waals surface area contributed by atoms with E-state index in [0.29, 0.717) is 11.0 Å². The minimum atomic E-state index is -0.364. The van der Waals surface area contributed by atoms with E-state index in [1.165, 1.54) is 40.0 Å².